The van der Waals surface area contributed by atoms with Gasteiger partial charge in [0, 0.05) is 17.8 Å². The van der Waals surface area contributed by atoms with Crippen molar-refractivity contribution in [2.45, 2.75) is 35.7 Å². The van der Waals surface area contributed by atoms with Crippen molar-refractivity contribution in [1.82, 2.24) is 4.98 Å². The van der Waals surface area contributed by atoms with E-state index in [1.165, 1.54) is 34.9 Å². The van der Waals surface area contributed by atoms with Gasteiger partial charge in [0.05, 0.1) is 33.5 Å². The molecule has 1 fully saturated rings. The average molecular weight is 477 g/mol. The Morgan fingerprint density at radius 2 is 2.03 bits per heavy atom. The molecule has 1 saturated heterocycles. The van der Waals surface area contributed by atoms with Crippen LogP contribution in [-0.2, 0) is 19.4 Å². The van der Waals surface area contributed by atoms with Gasteiger partial charge in [0.25, 0.3) is 0 Å². The second-order valence-corrected chi connectivity index (χ2v) is 11.7. The zero-order chi connectivity index (χ0) is 22.0. The standard InChI is InChI=1S/C22H24N2O4S3/c1-15-5-7-17(8-6-15)29-14-21(25)24(13-16-4-3-11-28-16)22-23-19-10-9-18(31(2,26)27)12-20(19)30-22/h5-10,12,16H,3-4,11,13-14H2,1-2H3. The summed E-state index contributed by atoms with van der Waals surface area (Å²) in [5.41, 5.74) is 1.86. The van der Waals surface area contributed by atoms with E-state index >= 15 is 0 Å². The summed E-state index contributed by atoms with van der Waals surface area (Å²) >= 11 is 2.83. The van der Waals surface area contributed by atoms with E-state index in [9.17, 15) is 13.2 Å². The van der Waals surface area contributed by atoms with Crippen LogP contribution in [0.3, 0.4) is 0 Å². The lowest BCUT2D eigenvalue weighted by atomic mass is 10.2. The third-order valence-electron chi connectivity index (χ3n) is 5.10. The molecule has 0 N–H and O–H groups in total. The van der Waals surface area contributed by atoms with Gasteiger partial charge in [-0.15, -0.1) is 11.8 Å². The summed E-state index contributed by atoms with van der Waals surface area (Å²) in [6.45, 7) is 3.19. The maximum absolute atomic E-state index is 13.2. The fourth-order valence-electron chi connectivity index (χ4n) is 3.37. The second-order valence-electron chi connectivity index (χ2n) is 7.64. The molecule has 0 saturated carbocycles. The normalized spacial score (nSPS) is 16.6. The first-order valence-electron chi connectivity index (χ1n) is 10.0. The second kappa shape index (κ2) is 9.28. The monoisotopic (exact) mass is 476 g/mol. The van der Waals surface area contributed by atoms with Crippen molar-refractivity contribution in [3.05, 3.63) is 48.0 Å². The first-order valence-corrected chi connectivity index (χ1v) is 13.7. The molecule has 4 rings (SSSR count). The van der Waals surface area contributed by atoms with E-state index in [4.69, 9.17) is 4.74 Å². The lowest BCUT2D eigenvalue weighted by Gasteiger charge is -2.23. The summed E-state index contributed by atoms with van der Waals surface area (Å²) in [5, 5.41) is 0.575. The molecule has 0 bridgehead atoms. The zero-order valence-electron chi connectivity index (χ0n) is 17.4. The third kappa shape index (κ3) is 5.46. The number of aryl methyl sites for hydroxylation is 1. The number of fused-ring (bicyclic) bond motifs is 1. The number of hydrogen-bond donors (Lipinski definition) is 0. The minimum absolute atomic E-state index is 0.00748. The summed E-state index contributed by atoms with van der Waals surface area (Å²) in [7, 11) is -3.31. The number of amides is 1. The fourth-order valence-corrected chi connectivity index (χ4v) is 5.90. The highest BCUT2D eigenvalue weighted by Crippen LogP contribution is 2.32. The van der Waals surface area contributed by atoms with Gasteiger partial charge in [0.1, 0.15) is 0 Å². The lowest BCUT2D eigenvalue weighted by Crippen LogP contribution is -2.38. The van der Waals surface area contributed by atoms with Gasteiger partial charge in [0.2, 0.25) is 5.91 Å². The van der Waals surface area contributed by atoms with E-state index < -0.39 is 9.84 Å². The molecular formula is C22H24N2O4S3. The van der Waals surface area contributed by atoms with Crippen molar-refractivity contribution < 1.29 is 17.9 Å². The van der Waals surface area contributed by atoms with Gasteiger partial charge in [-0.2, -0.15) is 0 Å². The topological polar surface area (TPSA) is 76.6 Å². The minimum atomic E-state index is -3.31. The van der Waals surface area contributed by atoms with Gasteiger partial charge in [-0.3, -0.25) is 9.69 Å². The Hall–Kier alpha value is -1.94. The number of rotatable bonds is 7. The van der Waals surface area contributed by atoms with Crippen molar-refractivity contribution in [3.63, 3.8) is 0 Å². The molecule has 1 aromatic heterocycles. The van der Waals surface area contributed by atoms with Crippen molar-refractivity contribution in [3.8, 4) is 0 Å². The molecule has 3 aromatic rings. The third-order valence-corrected chi connectivity index (χ3v) is 8.25. The molecule has 1 unspecified atom stereocenters. The predicted molar refractivity (Wildman–Crippen MR) is 126 cm³/mol. The first kappa shape index (κ1) is 22.3. The number of carbonyl (C=O) groups is 1. The van der Waals surface area contributed by atoms with Crippen LogP contribution in [0.25, 0.3) is 10.2 Å². The number of aromatic nitrogens is 1. The van der Waals surface area contributed by atoms with Crippen LogP contribution in [0.1, 0.15) is 18.4 Å². The van der Waals surface area contributed by atoms with Crippen molar-refractivity contribution in [2.24, 2.45) is 0 Å². The molecule has 1 atom stereocenters. The number of benzene rings is 2. The number of sulfone groups is 1. The highest BCUT2D eigenvalue weighted by molar-refractivity contribution is 8.00. The number of thioether (sulfide) groups is 1. The fraction of sp³-hybridized carbons (Fsp3) is 0.364. The van der Waals surface area contributed by atoms with Crippen LogP contribution in [0.2, 0.25) is 0 Å². The Morgan fingerprint density at radius 1 is 1.26 bits per heavy atom. The lowest BCUT2D eigenvalue weighted by molar-refractivity contribution is -0.116. The summed E-state index contributed by atoms with van der Waals surface area (Å²) < 4.78 is 30.3. The van der Waals surface area contributed by atoms with Gasteiger partial charge in [-0.1, -0.05) is 29.0 Å². The van der Waals surface area contributed by atoms with E-state index in [1.807, 2.05) is 31.2 Å². The van der Waals surface area contributed by atoms with E-state index in [2.05, 4.69) is 4.98 Å². The van der Waals surface area contributed by atoms with Gasteiger partial charge < -0.3 is 4.74 Å². The highest BCUT2D eigenvalue weighted by Gasteiger charge is 2.26. The smallest absolute Gasteiger partial charge is 0.239 e. The van der Waals surface area contributed by atoms with Crippen LogP contribution in [0.4, 0.5) is 5.13 Å². The van der Waals surface area contributed by atoms with Gasteiger partial charge in [0.15, 0.2) is 15.0 Å². The molecule has 1 amide bonds. The number of ether oxygens (including phenoxy) is 1. The van der Waals surface area contributed by atoms with Crippen LogP contribution in [-0.4, -0.2) is 50.6 Å². The molecule has 0 aliphatic carbocycles. The molecule has 31 heavy (non-hydrogen) atoms. The molecule has 1 aliphatic heterocycles. The number of carbonyl (C=O) groups excluding carboxylic acids is 1. The predicted octanol–water partition coefficient (Wildman–Crippen LogP) is 4.31. The molecule has 2 heterocycles. The minimum Gasteiger partial charge on any atom is -0.376 e. The van der Waals surface area contributed by atoms with Gasteiger partial charge in [-0.05, 0) is 50.1 Å². The number of anilines is 1. The van der Waals surface area contributed by atoms with E-state index in [0.29, 0.717) is 29.6 Å². The Labute approximate surface area is 190 Å². The largest absolute Gasteiger partial charge is 0.376 e. The van der Waals surface area contributed by atoms with Gasteiger partial charge in [-0.25, -0.2) is 13.4 Å². The van der Waals surface area contributed by atoms with E-state index in [-0.39, 0.29) is 16.9 Å². The van der Waals surface area contributed by atoms with E-state index in [0.717, 1.165) is 22.4 Å². The van der Waals surface area contributed by atoms with Crippen molar-refractivity contribution in [2.75, 3.05) is 30.1 Å². The molecule has 1 aliphatic rings. The van der Waals surface area contributed by atoms with Gasteiger partial charge >= 0.3 is 0 Å². The highest BCUT2D eigenvalue weighted by atomic mass is 32.2. The Kier molecular flexibility index (Phi) is 6.66. The summed E-state index contributed by atoms with van der Waals surface area (Å²) in [5.74, 6) is 0.254. The Morgan fingerprint density at radius 3 is 2.71 bits per heavy atom. The number of hydrogen-bond acceptors (Lipinski definition) is 7. The molecular weight excluding hydrogens is 452 g/mol. The summed E-state index contributed by atoms with van der Waals surface area (Å²) in [6.07, 6.45) is 3.08. The van der Waals surface area contributed by atoms with Crippen molar-refractivity contribution >= 4 is 54.2 Å². The van der Waals surface area contributed by atoms with Crippen LogP contribution in [0.15, 0.2) is 52.3 Å². The Bertz CT molecular complexity index is 1180. The number of nitrogens with zero attached hydrogens (tertiary/aromatic N) is 2. The van der Waals surface area contributed by atoms with Crippen LogP contribution in [0, 0.1) is 6.92 Å². The zero-order valence-corrected chi connectivity index (χ0v) is 19.9. The molecule has 164 valence electrons. The number of thiazole rings is 1. The SMILES string of the molecule is Cc1ccc(SCC(=O)N(CC2CCCO2)c2nc3ccc(S(C)(=O)=O)cc3s2)cc1. The van der Waals surface area contributed by atoms with Crippen molar-refractivity contribution in [1.29, 1.82) is 0 Å². The molecule has 2 aromatic carbocycles. The first-order chi connectivity index (χ1) is 14.8. The summed E-state index contributed by atoms with van der Waals surface area (Å²) in [6, 6.07) is 13.0. The Balaban J connectivity index is 1.59. The molecule has 9 heteroatoms. The van der Waals surface area contributed by atoms with Crippen LogP contribution in [0.5, 0.6) is 0 Å². The maximum Gasteiger partial charge on any atom is 0.239 e. The molecule has 6 nitrogen and oxygen atoms in total. The van der Waals surface area contributed by atoms with E-state index in [1.54, 1.807) is 23.1 Å². The quantitative estimate of drug-likeness (QED) is 0.473. The average Bonchev–Trinajstić information content (AvgIpc) is 3.39. The molecule has 0 spiro atoms. The van der Waals surface area contributed by atoms with Crippen LogP contribution >= 0.6 is 23.1 Å². The molecule has 0 radical (unpaired) electrons. The maximum atomic E-state index is 13.2. The summed E-state index contributed by atoms with van der Waals surface area (Å²) in [4.78, 5) is 20.8. The van der Waals surface area contributed by atoms with Crippen LogP contribution < -0.4 is 4.90 Å².